The maximum atomic E-state index is 8.96. The van der Waals surface area contributed by atoms with E-state index in [9.17, 15) is 0 Å². The molecule has 3 nitrogen and oxygen atoms in total. The number of terminal acetylenes is 1. The summed E-state index contributed by atoms with van der Waals surface area (Å²) in [6.45, 7) is 0.142. The summed E-state index contributed by atoms with van der Waals surface area (Å²) in [5.74, 6) is 2.89. The number of rotatable bonds is 2. The van der Waals surface area contributed by atoms with E-state index >= 15 is 0 Å². The molecule has 76 valence electrons. The van der Waals surface area contributed by atoms with Crippen molar-refractivity contribution >= 4 is 10.9 Å². The molecule has 16 heavy (non-hydrogen) atoms. The fourth-order valence-corrected chi connectivity index (χ4v) is 1.47. The van der Waals surface area contributed by atoms with Gasteiger partial charge < -0.3 is 4.74 Å². The fraction of sp³-hybridized carbons (Fsp3) is 0.0769. The maximum absolute atomic E-state index is 8.96. The minimum absolute atomic E-state index is 0.142. The molecule has 0 aliphatic heterocycles. The Balaban J connectivity index is 2.65. The molecule has 0 amide bonds. The number of benzene rings is 1. The van der Waals surface area contributed by atoms with Crippen LogP contribution in [0.1, 0.15) is 5.56 Å². The van der Waals surface area contributed by atoms with Gasteiger partial charge in [-0.05, 0) is 12.1 Å². The lowest BCUT2D eigenvalue weighted by molar-refractivity contribution is 0.373. The van der Waals surface area contributed by atoms with Crippen molar-refractivity contribution in [1.29, 1.82) is 5.26 Å². The van der Waals surface area contributed by atoms with Gasteiger partial charge in [0, 0.05) is 11.6 Å². The summed E-state index contributed by atoms with van der Waals surface area (Å²) in [4.78, 5) is 4.17. The predicted molar refractivity (Wildman–Crippen MR) is 60.8 cm³/mol. The number of nitriles is 1. The van der Waals surface area contributed by atoms with Gasteiger partial charge in [0.2, 0.25) is 0 Å². The van der Waals surface area contributed by atoms with Gasteiger partial charge in [-0.3, -0.25) is 4.98 Å². The van der Waals surface area contributed by atoms with Crippen molar-refractivity contribution in [3.63, 3.8) is 0 Å². The highest BCUT2D eigenvalue weighted by molar-refractivity contribution is 5.87. The van der Waals surface area contributed by atoms with Gasteiger partial charge >= 0.3 is 0 Å². The van der Waals surface area contributed by atoms with Gasteiger partial charge in [-0.25, -0.2) is 0 Å². The third-order valence-electron chi connectivity index (χ3n) is 2.15. The number of ether oxygens (including phenoxy) is 1. The Morgan fingerprint density at radius 3 is 2.94 bits per heavy atom. The lowest BCUT2D eigenvalue weighted by atomic mass is 10.1. The molecule has 1 aromatic carbocycles. The summed E-state index contributed by atoms with van der Waals surface area (Å²) >= 11 is 0. The number of pyridine rings is 1. The van der Waals surface area contributed by atoms with E-state index in [0.717, 1.165) is 10.9 Å². The Kier molecular flexibility index (Phi) is 2.71. The summed E-state index contributed by atoms with van der Waals surface area (Å²) in [7, 11) is 0. The Labute approximate surface area is 93.3 Å². The zero-order chi connectivity index (χ0) is 11.4. The van der Waals surface area contributed by atoms with Crippen LogP contribution in [0.5, 0.6) is 5.75 Å². The Hall–Kier alpha value is -2.52. The zero-order valence-electron chi connectivity index (χ0n) is 8.47. The zero-order valence-corrected chi connectivity index (χ0v) is 8.47. The van der Waals surface area contributed by atoms with Crippen molar-refractivity contribution < 1.29 is 4.74 Å². The molecule has 0 aliphatic rings. The standard InChI is InChI=1S/C13H8N2O/c1-2-7-16-13-10(8-14)9-15-12-6-4-3-5-11(12)13/h1,3-6,9H,7H2. The van der Waals surface area contributed by atoms with Crippen molar-refractivity contribution in [1.82, 2.24) is 4.98 Å². The summed E-state index contributed by atoms with van der Waals surface area (Å²) in [5.41, 5.74) is 1.18. The van der Waals surface area contributed by atoms with Gasteiger partial charge in [0.05, 0.1) is 5.52 Å². The first kappa shape index (κ1) is 10.0. The van der Waals surface area contributed by atoms with E-state index in [2.05, 4.69) is 10.9 Å². The molecule has 0 N–H and O–H groups in total. The van der Waals surface area contributed by atoms with Crippen LogP contribution in [0.3, 0.4) is 0 Å². The molecule has 2 rings (SSSR count). The fourth-order valence-electron chi connectivity index (χ4n) is 1.47. The molecule has 0 saturated heterocycles. The minimum Gasteiger partial charge on any atom is -0.479 e. The quantitative estimate of drug-likeness (QED) is 0.710. The molecule has 1 heterocycles. The Morgan fingerprint density at radius 2 is 2.19 bits per heavy atom. The lowest BCUT2D eigenvalue weighted by Crippen LogP contribution is -1.98. The van der Waals surface area contributed by atoms with Crippen molar-refractivity contribution in [2.24, 2.45) is 0 Å². The second kappa shape index (κ2) is 4.33. The van der Waals surface area contributed by atoms with Crippen LogP contribution in [-0.2, 0) is 0 Å². The highest BCUT2D eigenvalue weighted by Gasteiger charge is 2.08. The SMILES string of the molecule is C#CCOc1c(C#N)cnc2ccccc12. The second-order valence-corrected chi connectivity index (χ2v) is 3.12. The molecule has 0 unspecified atom stereocenters. The van der Waals surface area contributed by atoms with Gasteiger partial charge in [-0.2, -0.15) is 5.26 Å². The van der Waals surface area contributed by atoms with Crippen LogP contribution in [0.2, 0.25) is 0 Å². The van der Waals surface area contributed by atoms with Crippen LogP contribution >= 0.6 is 0 Å². The maximum Gasteiger partial charge on any atom is 0.149 e. The number of aromatic nitrogens is 1. The molecule has 3 heteroatoms. The number of hydrogen-bond donors (Lipinski definition) is 0. The van der Waals surface area contributed by atoms with E-state index < -0.39 is 0 Å². The number of para-hydroxylation sites is 1. The molecule has 0 saturated carbocycles. The molecule has 0 fully saturated rings. The Bertz CT molecular complexity index is 605. The number of hydrogen-bond acceptors (Lipinski definition) is 3. The first-order valence-corrected chi connectivity index (χ1v) is 4.71. The predicted octanol–water partition coefficient (Wildman–Crippen LogP) is 2.12. The number of nitrogens with zero attached hydrogens (tertiary/aromatic N) is 2. The van der Waals surface area contributed by atoms with Crippen LogP contribution in [0, 0.1) is 23.7 Å². The largest absolute Gasteiger partial charge is 0.479 e. The topological polar surface area (TPSA) is 45.9 Å². The summed E-state index contributed by atoms with van der Waals surface area (Å²) in [6.07, 6.45) is 6.63. The van der Waals surface area contributed by atoms with E-state index in [-0.39, 0.29) is 6.61 Å². The van der Waals surface area contributed by atoms with E-state index in [1.165, 1.54) is 6.20 Å². The van der Waals surface area contributed by atoms with E-state index in [4.69, 9.17) is 16.4 Å². The van der Waals surface area contributed by atoms with Crippen LogP contribution in [0.15, 0.2) is 30.5 Å². The smallest absolute Gasteiger partial charge is 0.149 e. The second-order valence-electron chi connectivity index (χ2n) is 3.12. The molecular formula is C13H8N2O. The van der Waals surface area contributed by atoms with Crippen LogP contribution in [-0.4, -0.2) is 11.6 Å². The van der Waals surface area contributed by atoms with Crippen molar-refractivity contribution in [2.45, 2.75) is 0 Å². The van der Waals surface area contributed by atoms with Crippen molar-refractivity contribution in [2.75, 3.05) is 6.61 Å². The molecule has 2 aromatic rings. The molecule has 0 bridgehead atoms. The molecule has 1 aromatic heterocycles. The normalized spacial score (nSPS) is 9.38. The molecule has 0 atom stereocenters. The molecule has 0 spiro atoms. The summed E-state index contributed by atoms with van der Waals surface area (Å²) in [5, 5.41) is 9.76. The first-order valence-electron chi connectivity index (χ1n) is 4.71. The third kappa shape index (κ3) is 1.67. The van der Waals surface area contributed by atoms with Crippen LogP contribution in [0.4, 0.5) is 0 Å². The van der Waals surface area contributed by atoms with Gasteiger partial charge in [0.1, 0.15) is 24.0 Å². The third-order valence-corrected chi connectivity index (χ3v) is 2.15. The van der Waals surface area contributed by atoms with Crippen LogP contribution < -0.4 is 4.74 Å². The summed E-state index contributed by atoms with van der Waals surface area (Å²) < 4.78 is 5.39. The van der Waals surface area contributed by atoms with Crippen molar-refractivity contribution in [3.05, 3.63) is 36.0 Å². The van der Waals surface area contributed by atoms with E-state index in [1.54, 1.807) is 0 Å². The lowest BCUT2D eigenvalue weighted by Gasteiger charge is -2.07. The van der Waals surface area contributed by atoms with Gasteiger partial charge in [0.25, 0.3) is 0 Å². The average Bonchev–Trinajstić information content (AvgIpc) is 2.35. The average molecular weight is 208 g/mol. The van der Waals surface area contributed by atoms with Gasteiger partial charge in [0.15, 0.2) is 0 Å². The molecular weight excluding hydrogens is 200 g/mol. The van der Waals surface area contributed by atoms with Gasteiger partial charge in [-0.1, -0.05) is 18.1 Å². The van der Waals surface area contributed by atoms with Crippen molar-refractivity contribution in [3.8, 4) is 24.2 Å². The highest BCUT2D eigenvalue weighted by atomic mass is 16.5. The highest BCUT2D eigenvalue weighted by Crippen LogP contribution is 2.27. The summed E-state index contributed by atoms with van der Waals surface area (Å²) in [6, 6.07) is 9.51. The first-order chi connectivity index (χ1) is 7.86. The minimum atomic E-state index is 0.142. The molecule has 0 radical (unpaired) electrons. The van der Waals surface area contributed by atoms with Crippen LogP contribution in [0.25, 0.3) is 10.9 Å². The van der Waals surface area contributed by atoms with E-state index in [1.807, 2.05) is 30.3 Å². The van der Waals surface area contributed by atoms with E-state index in [0.29, 0.717) is 11.3 Å². The molecule has 0 aliphatic carbocycles. The Morgan fingerprint density at radius 1 is 1.38 bits per heavy atom. The van der Waals surface area contributed by atoms with Gasteiger partial charge in [-0.15, -0.1) is 6.42 Å². The number of fused-ring (bicyclic) bond motifs is 1. The monoisotopic (exact) mass is 208 g/mol.